The fourth-order valence-corrected chi connectivity index (χ4v) is 9.66. The van der Waals surface area contributed by atoms with Crippen molar-refractivity contribution in [2.75, 3.05) is 14.2 Å². The number of carbonyl (C=O) groups excluding carboxylic acids is 1. The molecule has 0 amide bonds. The Morgan fingerprint density at radius 2 is 1.05 bits per heavy atom. The Hall–Kier alpha value is -2.08. The number of benzene rings is 4. The van der Waals surface area contributed by atoms with E-state index in [9.17, 15) is 9.90 Å². The van der Waals surface area contributed by atoms with Crippen LogP contribution in [0.4, 0.5) is 0 Å². The fourth-order valence-electron chi connectivity index (χ4n) is 7.93. The summed E-state index contributed by atoms with van der Waals surface area (Å²) in [6, 6.07) is 24.5. The lowest BCUT2D eigenvalue weighted by Gasteiger charge is -2.32. The summed E-state index contributed by atoms with van der Waals surface area (Å²) >= 11 is 10.4. The van der Waals surface area contributed by atoms with E-state index >= 15 is 0 Å². The van der Waals surface area contributed by atoms with E-state index in [2.05, 4.69) is 120 Å². The maximum Gasteiger partial charge on any atom is 0.495 e. The maximum atomic E-state index is 11.2. The van der Waals surface area contributed by atoms with Gasteiger partial charge in [0, 0.05) is 39.6 Å². The molecule has 4 aliphatic carbocycles. The number of ketones is 1. The van der Waals surface area contributed by atoms with Crippen LogP contribution >= 0.6 is 47.8 Å². The molecule has 1 heterocycles. The zero-order valence-electron chi connectivity index (χ0n) is 35.6. The van der Waals surface area contributed by atoms with E-state index in [1.165, 1.54) is 50.1 Å². The minimum atomic E-state index is -0.292. The van der Waals surface area contributed by atoms with Gasteiger partial charge in [-0.05, 0) is 135 Å². The molecule has 310 valence electrons. The van der Waals surface area contributed by atoms with Crippen molar-refractivity contribution in [2.24, 2.45) is 0 Å². The number of hydrogen-bond donors (Lipinski definition) is 1. The topological polar surface area (TPSA) is 74.2 Å². The minimum absolute atomic E-state index is 0.215. The van der Waals surface area contributed by atoms with Crippen LogP contribution in [-0.2, 0) is 44.5 Å². The van der Waals surface area contributed by atoms with Crippen molar-refractivity contribution >= 4 is 74.0 Å². The number of aliphatic hydroxyl groups excluding tert-OH is 1. The molecule has 0 spiro atoms. The van der Waals surface area contributed by atoms with Gasteiger partial charge in [-0.2, -0.15) is 0 Å². The number of fused-ring (bicyclic) bond motifs is 4. The van der Waals surface area contributed by atoms with Gasteiger partial charge >= 0.3 is 7.12 Å². The number of halogens is 3. The van der Waals surface area contributed by atoms with Crippen molar-refractivity contribution in [1.82, 2.24) is 0 Å². The van der Waals surface area contributed by atoms with Gasteiger partial charge in [0.25, 0.3) is 0 Å². The third-order valence-corrected chi connectivity index (χ3v) is 13.9. The van der Waals surface area contributed by atoms with Crippen LogP contribution in [0.5, 0.6) is 0 Å². The molecule has 58 heavy (non-hydrogen) atoms. The van der Waals surface area contributed by atoms with Gasteiger partial charge in [-0.1, -0.05) is 123 Å². The molecule has 0 unspecified atom stereocenters. The number of hydrogen-bond acceptors (Lipinski definition) is 6. The molecular weight excluding hydrogens is 922 g/mol. The highest BCUT2D eigenvalue weighted by Crippen LogP contribution is 2.40. The summed E-state index contributed by atoms with van der Waals surface area (Å²) in [4.78, 5) is 11.2. The highest BCUT2D eigenvalue weighted by atomic mass is 79.9. The molecule has 1 N–H and O–H groups in total. The minimum Gasteiger partial charge on any atom is -0.399 e. The average molecular weight is 981 g/mol. The lowest BCUT2D eigenvalue weighted by Crippen LogP contribution is -2.41. The third-order valence-electron chi connectivity index (χ3n) is 11.7. The fraction of sp³-hybridized carbons (Fsp3) is 0.468. The summed E-state index contributed by atoms with van der Waals surface area (Å²) in [6.07, 6.45) is 8.08. The molecule has 4 aromatic carbocycles. The van der Waals surface area contributed by atoms with Crippen LogP contribution in [0.15, 0.2) is 86.2 Å². The lowest BCUT2D eigenvalue weighted by molar-refractivity contribution is 0.00578. The van der Waals surface area contributed by atoms with E-state index in [4.69, 9.17) is 18.8 Å². The first-order chi connectivity index (χ1) is 27.8. The van der Waals surface area contributed by atoms with Crippen LogP contribution in [0.2, 0.25) is 6.82 Å². The van der Waals surface area contributed by atoms with Gasteiger partial charge in [0.1, 0.15) is 0 Å². The molecule has 6 nitrogen and oxygen atoms in total. The number of carbonyl (C=O) groups is 1. The summed E-state index contributed by atoms with van der Waals surface area (Å²) in [5.74, 6) is 0.279. The van der Waals surface area contributed by atoms with Gasteiger partial charge in [0.2, 0.25) is 0 Å². The average Bonchev–Trinajstić information content (AvgIpc) is 4.05. The van der Waals surface area contributed by atoms with Crippen molar-refractivity contribution in [3.8, 4) is 0 Å². The highest BCUT2D eigenvalue weighted by Gasteiger charge is 2.52. The Morgan fingerprint density at radius 3 is 1.57 bits per heavy atom. The van der Waals surface area contributed by atoms with Crippen molar-refractivity contribution in [1.29, 1.82) is 0 Å². The Balaban J connectivity index is 0.000000172. The second kappa shape index (κ2) is 22.1. The van der Waals surface area contributed by atoms with Gasteiger partial charge < -0.3 is 23.9 Å². The number of methoxy groups -OCH3 is 2. The molecule has 2 radical (unpaired) electrons. The summed E-state index contributed by atoms with van der Waals surface area (Å²) in [5.41, 5.74) is 10.4. The van der Waals surface area contributed by atoms with E-state index in [1.54, 1.807) is 14.2 Å². The Morgan fingerprint density at radius 1 is 0.621 bits per heavy atom. The van der Waals surface area contributed by atoms with Crippen LogP contribution in [0, 0.1) is 0 Å². The number of rotatable bonds is 3. The summed E-state index contributed by atoms with van der Waals surface area (Å²) in [7, 11) is 7.78. The highest BCUT2D eigenvalue weighted by molar-refractivity contribution is 9.11. The molecule has 4 aromatic rings. The standard InChI is InChI=1S/C16H23BO3.C10H11BrO.C9H9BrO.C9H7BrO.C2H6.CH3B/c1-15(2)16(3,4)20-17(19-15)13-8-6-7-12-11(13)9-10-14(12)18-5;1-12-10-6-5-7-8(10)3-2-4-9(7)11;2*10-8-3-1-2-7-6(8)4-5-9(7)11;2*1-2/h6-8,14H,9-10H2,1-5H3;2-4,10H,5-6H2,1H3;1-3,9,11H,4-5H2;1-3H,4-5H2;1-2H3;1H3/t14-;10-;9-;;;/m000.../s1. The Kier molecular flexibility index (Phi) is 18.5. The molecule has 1 aliphatic heterocycles. The lowest BCUT2D eigenvalue weighted by atomic mass is 9.75. The molecule has 1 fully saturated rings. The molecule has 3 atom stereocenters. The van der Waals surface area contributed by atoms with Gasteiger partial charge in [-0.25, -0.2) is 0 Å². The zero-order chi connectivity index (χ0) is 42.8. The third kappa shape index (κ3) is 11.0. The first-order valence-corrected chi connectivity index (χ1v) is 22.8. The second-order valence-electron chi connectivity index (χ2n) is 15.4. The van der Waals surface area contributed by atoms with Crippen LogP contribution in [0.25, 0.3) is 0 Å². The molecule has 5 aliphatic rings. The predicted molar refractivity (Wildman–Crippen MR) is 250 cm³/mol. The SMILES string of the molecule is CC.CO[C@H]1CCc2c(B3OC(C)(C)C(C)(C)O3)cccc21.CO[C@H]1CCc2c(Br)cccc21.O=C1CCc2c(Br)cccc21.O[C@H]1CCc2c(Br)cccc21.[B]C. The smallest absolute Gasteiger partial charge is 0.399 e. The van der Waals surface area contributed by atoms with Crippen molar-refractivity contribution < 1.29 is 28.7 Å². The molecular formula is C47H59B2Br3O6. The van der Waals surface area contributed by atoms with E-state index in [1.807, 2.05) is 50.2 Å². The largest absolute Gasteiger partial charge is 0.495 e. The molecule has 9 rings (SSSR count). The number of aliphatic hydroxyl groups is 1. The summed E-state index contributed by atoms with van der Waals surface area (Å²) in [5, 5.41) is 9.48. The molecule has 11 heteroatoms. The normalized spacial score (nSPS) is 20.8. The van der Waals surface area contributed by atoms with Crippen LogP contribution < -0.4 is 5.46 Å². The van der Waals surface area contributed by atoms with E-state index in [0.717, 1.165) is 65.0 Å². The van der Waals surface area contributed by atoms with Crippen molar-refractivity contribution in [3.05, 3.63) is 131 Å². The predicted octanol–water partition coefficient (Wildman–Crippen LogP) is 11.9. The van der Waals surface area contributed by atoms with E-state index in [0.29, 0.717) is 12.5 Å². The molecule has 0 saturated carbocycles. The first-order valence-electron chi connectivity index (χ1n) is 20.4. The summed E-state index contributed by atoms with van der Waals surface area (Å²) in [6.45, 7) is 13.9. The Labute approximate surface area is 374 Å². The van der Waals surface area contributed by atoms with E-state index < -0.39 is 0 Å². The second-order valence-corrected chi connectivity index (χ2v) is 18.0. The van der Waals surface area contributed by atoms with Crippen LogP contribution in [0.1, 0.15) is 135 Å². The zero-order valence-corrected chi connectivity index (χ0v) is 40.4. The summed E-state index contributed by atoms with van der Waals surface area (Å²) < 4.78 is 26.7. The quantitative estimate of drug-likeness (QED) is 0.206. The molecule has 0 bridgehead atoms. The van der Waals surface area contributed by atoms with Crippen LogP contribution in [0.3, 0.4) is 0 Å². The van der Waals surface area contributed by atoms with Crippen LogP contribution in [-0.4, -0.2) is 51.3 Å². The van der Waals surface area contributed by atoms with E-state index in [-0.39, 0.29) is 36.3 Å². The number of Topliss-reactive ketones (excluding diaryl/α,β-unsaturated/α-hetero) is 1. The number of ether oxygens (including phenoxy) is 2. The van der Waals surface area contributed by atoms with Gasteiger partial charge in [-0.15, -0.1) is 0 Å². The monoisotopic (exact) mass is 978 g/mol. The maximum absolute atomic E-state index is 11.2. The van der Waals surface area contributed by atoms with Gasteiger partial charge in [0.05, 0.1) is 37.4 Å². The molecule has 0 aromatic heterocycles. The first kappa shape index (κ1) is 48.6. The van der Waals surface area contributed by atoms with Crippen molar-refractivity contribution in [2.45, 2.75) is 129 Å². The molecule has 1 saturated heterocycles. The Bertz CT molecular complexity index is 1970. The van der Waals surface area contributed by atoms with Crippen molar-refractivity contribution in [3.63, 3.8) is 0 Å². The van der Waals surface area contributed by atoms with Gasteiger partial charge in [0.15, 0.2) is 5.78 Å². The van der Waals surface area contributed by atoms with Gasteiger partial charge in [-0.3, -0.25) is 4.79 Å².